The largest absolute Gasteiger partial charge is 0.342 e. The van der Waals surface area contributed by atoms with E-state index in [4.69, 9.17) is 0 Å². The van der Waals surface area contributed by atoms with Crippen LogP contribution in [0.25, 0.3) is 0 Å². The predicted molar refractivity (Wildman–Crippen MR) is 85.5 cm³/mol. The van der Waals surface area contributed by atoms with Gasteiger partial charge in [-0.25, -0.2) is 9.97 Å². The third-order valence-corrected chi connectivity index (χ3v) is 4.40. The summed E-state index contributed by atoms with van der Waals surface area (Å²) in [5.74, 6) is 0.547. The van der Waals surface area contributed by atoms with E-state index in [1.807, 2.05) is 29.2 Å². The van der Waals surface area contributed by atoms with Gasteiger partial charge in [-0.05, 0) is 37.0 Å². The quantitative estimate of drug-likeness (QED) is 0.874. The Labute approximate surface area is 131 Å². The van der Waals surface area contributed by atoms with E-state index in [1.54, 1.807) is 12.5 Å². The molecule has 1 aliphatic heterocycles. The minimum Gasteiger partial charge on any atom is -0.342 e. The number of aryl methyl sites for hydroxylation is 1. The Morgan fingerprint density at radius 3 is 2.95 bits per heavy atom. The number of hydrogen-bond donors (Lipinski definition) is 0. The molecule has 0 radical (unpaired) electrons. The Balaban J connectivity index is 1.67. The van der Waals surface area contributed by atoms with Crippen LogP contribution < -0.4 is 0 Å². The summed E-state index contributed by atoms with van der Waals surface area (Å²) in [5, 5.41) is 0. The first-order valence-electron chi connectivity index (χ1n) is 7.82. The number of amides is 1. The molecule has 4 heteroatoms. The number of likely N-dealkylation sites (tertiary alicyclic amines) is 1. The van der Waals surface area contributed by atoms with Crippen molar-refractivity contribution in [1.82, 2.24) is 14.9 Å². The number of rotatable bonds is 3. The molecule has 0 N–H and O–H groups in total. The molecule has 0 unspecified atom stereocenters. The summed E-state index contributed by atoms with van der Waals surface area (Å²) in [4.78, 5) is 22.9. The van der Waals surface area contributed by atoms with E-state index in [2.05, 4.69) is 23.0 Å². The first kappa shape index (κ1) is 14.7. The van der Waals surface area contributed by atoms with Crippen LogP contribution in [-0.2, 0) is 11.2 Å². The van der Waals surface area contributed by atoms with Gasteiger partial charge in [0.25, 0.3) is 0 Å². The standard InChI is InChI=1S/C18H21N3O/c1-14-5-2-3-6-15(14)11-18(22)21-10-4-7-16(12-21)17-8-9-19-13-20-17/h2-3,5-6,8-9,13,16H,4,7,10-12H2,1H3/t16-/m0/s1. The summed E-state index contributed by atoms with van der Waals surface area (Å²) in [6.07, 6.45) is 5.97. The summed E-state index contributed by atoms with van der Waals surface area (Å²) < 4.78 is 0. The summed E-state index contributed by atoms with van der Waals surface area (Å²) >= 11 is 0. The number of hydrogen-bond acceptors (Lipinski definition) is 3. The van der Waals surface area contributed by atoms with E-state index >= 15 is 0 Å². The molecule has 0 spiro atoms. The van der Waals surface area contributed by atoms with Gasteiger partial charge in [-0.2, -0.15) is 0 Å². The number of piperidine rings is 1. The molecule has 1 atom stereocenters. The van der Waals surface area contributed by atoms with E-state index in [-0.39, 0.29) is 5.91 Å². The molecule has 0 bridgehead atoms. The lowest BCUT2D eigenvalue weighted by atomic mass is 9.94. The van der Waals surface area contributed by atoms with Crippen molar-refractivity contribution >= 4 is 5.91 Å². The van der Waals surface area contributed by atoms with Gasteiger partial charge < -0.3 is 4.90 Å². The molecule has 1 aromatic heterocycles. The highest BCUT2D eigenvalue weighted by Crippen LogP contribution is 2.25. The van der Waals surface area contributed by atoms with Crippen molar-refractivity contribution in [3.8, 4) is 0 Å². The van der Waals surface area contributed by atoms with Gasteiger partial charge in [0.1, 0.15) is 6.33 Å². The van der Waals surface area contributed by atoms with E-state index in [1.165, 1.54) is 5.56 Å². The van der Waals surface area contributed by atoms with E-state index < -0.39 is 0 Å². The third kappa shape index (κ3) is 3.32. The summed E-state index contributed by atoms with van der Waals surface area (Å²) in [5.41, 5.74) is 3.35. The number of carbonyl (C=O) groups excluding carboxylic acids is 1. The Morgan fingerprint density at radius 2 is 2.18 bits per heavy atom. The molecule has 2 heterocycles. The lowest BCUT2D eigenvalue weighted by molar-refractivity contribution is -0.131. The van der Waals surface area contributed by atoms with Crippen LogP contribution in [0, 0.1) is 6.92 Å². The van der Waals surface area contributed by atoms with Crippen molar-refractivity contribution in [3.05, 3.63) is 59.7 Å². The van der Waals surface area contributed by atoms with Gasteiger partial charge in [0.2, 0.25) is 5.91 Å². The molecular formula is C18H21N3O. The second-order valence-corrected chi connectivity index (χ2v) is 5.92. The van der Waals surface area contributed by atoms with E-state index in [0.717, 1.165) is 37.2 Å². The highest BCUT2D eigenvalue weighted by atomic mass is 16.2. The molecule has 0 saturated carbocycles. The molecule has 1 aliphatic rings. The average Bonchev–Trinajstić information content (AvgIpc) is 2.58. The van der Waals surface area contributed by atoms with Crippen LogP contribution in [0.15, 0.2) is 42.9 Å². The molecule has 1 aromatic carbocycles. The van der Waals surface area contributed by atoms with Crippen molar-refractivity contribution in [2.45, 2.75) is 32.1 Å². The zero-order valence-corrected chi connectivity index (χ0v) is 12.9. The van der Waals surface area contributed by atoms with E-state index in [9.17, 15) is 4.79 Å². The fourth-order valence-corrected chi connectivity index (χ4v) is 3.07. The smallest absolute Gasteiger partial charge is 0.227 e. The minimum atomic E-state index is 0.216. The zero-order chi connectivity index (χ0) is 15.4. The molecule has 114 valence electrons. The molecule has 4 nitrogen and oxygen atoms in total. The Morgan fingerprint density at radius 1 is 1.32 bits per heavy atom. The van der Waals surface area contributed by atoms with Gasteiger partial charge in [0.05, 0.1) is 6.42 Å². The molecule has 1 amide bonds. The molecular weight excluding hydrogens is 274 g/mol. The maximum atomic E-state index is 12.6. The van der Waals surface area contributed by atoms with Crippen molar-refractivity contribution in [2.24, 2.45) is 0 Å². The molecule has 1 fully saturated rings. The second kappa shape index (κ2) is 6.69. The van der Waals surface area contributed by atoms with Crippen LogP contribution in [0.4, 0.5) is 0 Å². The van der Waals surface area contributed by atoms with Gasteiger partial charge in [-0.1, -0.05) is 24.3 Å². The zero-order valence-electron chi connectivity index (χ0n) is 12.9. The molecule has 0 aliphatic carbocycles. The van der Waals surface area contributed by atoms with Crippen LogP contribution in [0.5, 0.6) is 0 Å². The van der Waals surface area contributed by atoms with Gasteiger partial charge in [-0.3, -0.25) is 4.79 Å². The highest BCUT2D eigenvalue weighted by Gasteiger charge is 2.25. The van der Waals surface area contributed by atoms with Gasteiger partial charge in [0, 0.05) is 30.9 Å². The number of benzene rings is 1. The predicted octanol–water partition coefficient (Wildman–Crippen LogP) is 2.73. The molecule has 3 rings (SSSR count). The Kier molecular flexibility index (Phi) is 4.47. The number of aromatic nitrogens is 2. The SMILES string of the molecule is Cc1ccccc1CC(=O)N1CCC[C@H](c2ccncn2)C1. The highest BCUT2D eigenvalue weighted by molar-refractivity contribution is 5.79. The maximum Gasteiger partial charge on any atom is 0.227 e. The van der Waals surface area contributed by atoms with Gasteiger partial charge in [0.15, 0.2) is 0 Å². The van der Waals surface area contributed by atoms with Crippen molar-refractivity contribution in [1.29, 1.82) is 0 Å². The van der Waals surface area contributed by atoms with Crippen molar-refractivity contribution in [3.63, 3.8) is 0 Å². The fraction of sp³-hybridized carbons (Fsp3) is 0.389. The Bertz CT molecular complexity index is 642. The van der Waals surface area contributed by atoms with Crippen LogP contribution >= 0.6 is 0 Å². The molecule has 2 aromatic rings. The summed E-state index contributed by atoms with van der Waals surface area (Å²) in [7, 11) is 0. The first-order chi connectivity index (χ1) is 10.7. The maximum absolute atomic E-state index is 12.6. The lowest BCUT2D eigenvalue weighted by Crippen LogP contribution is -2.40. The third-order valence-electron chi connectivity index (χ3n) is 4.40. The van der Waals surface area contributed by atoms with Crippen LogP contribution in [0.1, 0.15) is 35.6 Å². The van der Waals surface area contributed by atoms with Crippen molar-refractivity contribution < 1.29 is 4.79 Å². The Hall–Kier alpha value is -2.23. The fourth-order valence-electron chi connectivity index (χ4n) is 3.07. The monoisotopic (exact) mass is 295 g/mol. The number of carbonyl (C=O) groups is 1. The van der Waals surface area contributed by atoms with Crippen LogP contribution in [-0.4, -0.2) is 33.9 Å². The lowest BCUT2D eigenvalue weighted by Gasteiger charge is -2.32. The van der Waals surface area contributed by atoms with Gasteiger partial charge in [-0.15, -0.1) is 0 Å². The van der Waals surface area contributed by atoms with Crippen LogP contribution in [0.3, 0.4) is 0 Å². The second-order valence-electron chi connectivity index (χ2n) is 5.92. The summed E-state index contributed by atoms with van der Waals surface area (Å²) in [6, 6.07) is 10.1. The average molecular weight is 295 g/mol. The topological polar surface area (TPSA) is 46.1 Å². The van der Waals surface area contributed by atoms with E-state index in [0.29, 0.717) is 12.3 Å². The molecule has 22 heavy (non-hydrogen) atoms. The minimum absolute atomic E-state index is 0.216. The number of nitrogens with zero attached hydrogens (tertiary/aromatic N) is 3. The van der Waals surface area contributed by atoms with Crippen molar-refractivity contribution in [2.75, 3.05) is 13.1 Å². The van der Waals surface area contributed by atoms with Crippen LogP contribution in [0.2, 0.25) is 0 Å². The summed E-state index contributed by atoms with van der Waals surface area (Å²) in [6.45, 7) is 3.68. The normalized spacial score (nSPS) is 18.2. The van der Waals surface area contributed by atoms with Gasteiger partial charge >= 0.3 is 0 Å². The first-order valence-corrected chi connectivity index (χ1v) is 7.82. The molecule has 1 saturated heterocycles.